The van der Waals surface area contributed by atoms with E-state index in [-0.39, 0.29) is 0 Å². The number of nitrogens with one attached hydrogen (secondary N) is 1. The van der Waals surface area contributed by atoms with E-state index in [1.807, 2.05) is 24.0 Å². The average molecular weight is 151 g/mol. The summed E-state index contributed by atoms with van der Waals surface area (Å²) in [5, 5.41) is 3.39. The predicted octanol–water partition coefficient (Wildman–Crippen LogP) is 1.38. The molecule has 3 heteroatoms. The standard InChI is InChI=1S/C8H13N3/c1-8(3-4-8)10-7-9-5-6-11(7)2/h5-6H,3-4H2,1-2H3,(H,9,10). The zero-order valence-corrected chi connectivity index (χ0v) is 6.96. The van der Waals surface area contributed by atoms with Crippen LogP contribution in [0.3, 0.4) is 0 Å². The van der Waals surface area contributed by atoms with E-state index in [1.165, 1.54) is 12.8 Å². The highest BCUT2D eigenvalue weighted by Crippen LogP contribution is 2.37. The second-order valence-corrected chi connectivity index (χ2v) is 3.55. The lowest BCUT2D eigenvalue weighted by molar-refractivity contribution is 0.785. The maximum Gasteiger partial charge on any atom is 0.202 e. The molecule has 0 radical (unpaired) electrons. The summed E-state index contributed by atoms with van der Waals surface area (Å²) < 4.78 is 2.00. The van der Waals surface area contributed by atoms with E-state index in [1.54, 1.807) is 0 Å². The summed E-state index contributed by atoms with van der Waals surface area (Å²) in [6.45, 7) is 2.22. The Bertz CT molecular complexity index is 260. The molecule has 3 nitrogen and oxygen atoms in total. The predicted molar refractivity (Wildman–Crippen MR) is 44.5 cm³/mol. The Morgan fingerprint density at radius 1 is 1.64 bits per heavy atom. The zero-order chi connectivity index (χ0) is 7.90. The molecule has 0 aromatic carbocycles. The van der Waals surface area contributed by atoms with Gasteiger partial charge in [0.05, 0.1) is 0 Å². The van der Waals surface area contributed by atoms with Crippen LogP contribution in [0.5, 0.6) is 0 Å². The molecule has 1 heterocycles. The minimum absolute atomic E-state index is 0.332. The summed E-state index contributed by atoms with van der Waals surface area (Å²) >= 11 is 0. The van der Waals surface area contributed by atoms with Crippen molar-refractivity contribution >= 4 is 5.95 Å². The minimum atomic E-state index is 0.332. The van der Waals surface area contributed by atoms with Crippen LogP contribution in [0.4, 0.5) is 5.95 Å². The number of rotatable bonds is 2. The highest BCUT2D eigenvalue weighted by Gasteiger charge is 2.37. The first-order valence-electron chi connectivity index (χ1n) is 3.95. The minimum Gasteiger partial charge on any atom is -0.351 e. The van der Waals surface area contributed by atoms with Gasteiger partial charge >= 0.3 is 0 Å². The largest absolute Gasteiger partial charge is 0.351 e. The van der Waals surface area contributed by atoms with E-state index in [2.05, 4.69) is 17.2 Å². The lowest BCUT2D eigenvalue weighted by Gasteiger charge is -2.11. The molecule has 1 fully saturated rings. The normalized spacial score (nSPS) is 19.8. The molecule has 0 saturated heterocycles. The highest BCUT2D eigenvalue weighted by molar-refractivity contribution is 5.33. The van der Waals surface area contributed by atoms with Crippen molar-refractivity contribution < 1.29 is 0 Å². The van der Waals surface area contributed by atoms with E-state index in [0.717, 1.165) is 5.95 Å². The highest BCUT2D eigenvalue weighted by atomic mass is 15.2. The van der Waals surface area contributed by atoms with Crippen molar-refractivity contribution in [3.8, 4) is 0 Å². The van der Waals surface area contributed by atoms with E-state index < -0.39 is 0 Å². The van der Waals surface area contributed by atoms with Crippen molar-refractivity contribution in [2.45, 2.75) is 25.3 Å². The van der Waals surface area contributed by atoms with Crippen molar-refractivity contribution in [2.75, 3.05) is 5.32 Å². The van der Waals surface area contributed by atoms with Crippen LogP contribution in [0, 0.1) is 0 Å². The molecule has 0 aliphatic heterocycles. The van der Waals surface area contributed by atoms with Gasteiger partial charge in [0.15, 0.2) is 0 Å². The van der Waals surface area contributed by atoms with Crippen LogP contribution in [0.25, 0.3) is 0 Å². The lowest BCUT2D eigenvalue weighted by Crippen LogP contribution is -2.18. The van der Waals surface area contributed by atoms with Gasteiger partial charge in [-0.2, -0.15) is 0 Å². The Hall–Kier alpha value is -0.990. The van der Waals surface area contributed by atoms with Gasteiger partial charge in [0, 0.05) is 25.0 Å². The van der Waals surface area contributed by atoms with Gasteiger partial charge in [-0.05, 0) is 19.8 Å². The van der Waals surface area contributed by atoms with Gasteiger partial charge in [0.1, 0.15) is 0 Å². The van der Waals surface area contributed by atoms with Gasteiger partial charge in [0.2, 0.25) is 5.95 Å². The summed E-state index contributed by atoms with van der Waals surface area (Å²) in [6, 6.07) is 0. The second-order valence-electron chi connectivity index (χ2n) is 3.55. The van der Waals surface area contributed by atoms with Crippen molar-refractivity contribution in [1.82, 2.24) is 9.55 Å². The molecule has 0 spiro atoms. The fraction of sp³-hybridized carbons (Fsp3) is 0.625. The first-order chi connectivity index (χ1) is 5.20. The van der Waals surface area contributed by atoms with Crippen LogP contribution < -0.4 is 5.32 Å². The smallest absolute Gasteiger partial charge is 0.202 e. The number of imidazole rings is 1. The van der Waals surface area contributed by atoms with Gasteiger partial charge in [-0.15, -0.1) is 0 Å². The first-order valence-corrected chi connectivity index (χ1v) is 3.95. The number of anilines is 1. The Balaban J connectivity index is 2.12. The van der Waals surface area contributed by atoms with Crippen LogP contribution in [0.2, 0.25) is 0 Å². The van der Waals surface area contributed by atoms with Crippen LogP contribution in [0.15, 0.2) is 12.4 Å². The van der Waals surface area contributed by atoms with Crippen LogP contribution in [-0.2, 0) is 7.05 Å². The third-order valence-electron chi connectivity index (χ3n) is 2.23. The van der Waals surface area contributed by atoms with Crippen molar-refractivity contribution in [2.24, 2.45) is 7.05 Å². The number of hydrogen-bond acceptors (Lipinski definition) is 2. The second kappa shape index (κ2) is 2.00. The molecule has 0 amide bonds. The monoisotopic (exact) mass is 151 g/mol. The van der Waals surface area contributed by atoms with E-state index >= 15 is 0 Å². The Kier molecular flexibility index (Phi) is 1.22. The SMILES string of the molecule is Cn1ccnc1NC1(C)CC1. The average Bonchev–Trinajstić information content (AvgIpc) is 2.54. The molecule has 1 aromatic rings. The Morgan fingerprint density at radius 2 is 2.36 bits per heavy atom. The van der Waals surface area contributed by atoms with Crippen LogP contribution in [-0.4, -0.2) is 15.1 Å². The number of aryl methyl sites for hydroxylation is 1. The molecule has 0 unspecified atom stereocenters. The molecular formula is C8H13N3. The molecule has 0 bridgehead atoms. The van der Waals surface area contributed by atoms with Crippen LogP contribution in [0.1, 0.15) is 19.8 Å². The number of aromatic nitrogens is 2. The molecule has 60 valence electrons. The third-order valence-corrected chi connectivity index (χ3v) is 2.23. The van der Waals surface area contributed by atoms with Crippen molar-refractivity contribution in [3.05, 3.63) is 12.4 Å². The van der Waals surface area contributed by atoms with Gasteiger partial charge in [-0.1, -0.05) is 0 Å². The fourth-order valence-electron chi connectivity index (χ4n) is 1.07. The molecule has 1 aliphatic rings. The van der Waals surface area contributed by atoms with E-state index in [4.69, 9.17) is 0 Å². The summed E-state index contributed by atoms with van der Waals surface area (Å²) in [5.41, 5.74) is 0.332. The molecule has 2 rings (SSSR count). The Labute approximate surface area is 66.4 Å². The fourth-order valence-corrected chi connectivity index (χ4v) is 1.07. The quantitative estimate of drug-likeness (QED) is 0.692. The lowest BCUT2D eigenvalue weighted by atomic mass is 10.3. The van der Waals surface area contributed by atoms with E-state index in [0.29, 0.717) is 5.54 Å². The topological polar surface area (TPSA) is 29.9 Å². The molecule has 11 heavy (non-hydrogen) atoms. The van der Waals surface area contributed by atoms with Gasteiger partial charge in [-0.3, -0.25) is 0 Å². The summed E-state index contributed by atoms with van der Waals surface area (Å²) in [4.78, 5) is 4.19. The summed E-state index contributed by atoms with van der Waals surface area (Å²) in [7, 11) is 2.00. The maximum atomic E-state index is 4.19. The van der Waals surface area contributed by atoms with Crippen molar-refractivity contribution in [1.29, 1.82) is 0 Å². The first kappa shape index (κ1) is 6.70. The molecule has 1 N–H and O–H groups in total. The summed E-state index contributed by atoms with van der Waals surface area (Å²) in [6.07, 6.45) is 6.29. The molecule has 0 atom stereocenters. The zero-order valence-electron chi connectivity index (χ0n) is 6.96. The van der Waals surface area contributed by atoms with Gasteiger partial charge in [-0.25, -0.2) is 4.98 Å². The molecule has 1 saturated carbocycles. The van der Waals surface area contributed by atoms with E-state index in [9.17, 15) is 0 Å². The third kappa shape index (κ3) is 1.23. The van der Waals surface area contributed by atoms with Gasteiger partial charge in [0.25, 0.3) is 0 Å². The maximum absolute atomic E-state index is 4.19. The van der Waals surface area contributed by atoms with Gasteiger partial charge < -0.3 is 9.88 Å². The number of nitrogens with zero attached hydrogens (tertiary/aromatic N) is 2. The number of hydrogen-bond donors (Lipinski definition) is 1. The van der Waals surface area contributed by atoms with Crippen molar-refractivity contribution in [3.63, 3.8) is 0 Å². The molecular weight excluding hydrogens is 138 g/mol. The molecule has 1 aromatic heterocycles. The molecule has 1 aliphatic carbocycles. The summed E-state index contributed by atoms with van der Waals surface area (Å²) in [5.74, 6) is 0.977. The Morgan fingerprint density at radius 3 is 2.82 bits per heavy atom. The van der Waals surface area contributed by atoms with Crippen LogP contribution >= 0.6 is 0 Å².